The van der Waals surface area contributed by atoms with E-state index in [2.05, 4.69) is 41.6 Å². The molecule has 172 valence electrons. The third kappa shape index (κ3) is 3.91. The van der Waals surface area contributed by atoms with Gasteiger partial charge in [-0.15, -0.1) is 0 Å². The average molecular weight is 464 g/mol. The van der Waals surface area contributed by atoms with Crippen molar-refractivity contribution in [2.75, 3.05) is 7.11 Å². The number of aryl methyl sites for hydroxylation is 1. The number of hydrogen-bond donors (Lipinski definition) is 0. The van der Waals surface area contributed by atoms with Crippen molar-refractivity contribution in [2.24, 2.45) is 12.0 Å². The van der Waals surface area contributed by atoms with Crippen LogP contribution in [0, 0.1) is 13.8 Å². The molecule has 1 aliphatic rings. The van der Waals surface area contributed by atoms with E-state index >= 15 is 0 Å². The maximum Gasteiger partial charge on any atom is 0.338 e. The van der Waals surface area contributed by atoms with Crippen LogP contribution in [0.3, 0.4) is 0 Å². The van der Waals surface area contributed by atoms with Gasteiger partial charge in [-0.3, -0.25) is 9.36 Å². The molecule has 33 heavy (non-hydrogen) atoms. The number of thiazole rings is 1. The van der Waals surface area contributed by atoms with Crippen LogP contribution in [0.2, 0.25) is 0 Å². The summed E-state index contributed by atoms with van der Waals surface area (Å²) in [7, 11) is 3.36. The molecule has 4 rings (SSSR count). The van der Waals surface area contributed by atoms with Gasteiger partial charge in [-0.1, -0.05) is 49.4 Å². The minimum Gasteiger partial charge on any atom is -0.466 e. The van der Waals surface area contributed by atoms with Crippen molar-refractivity contribution >= 4 is 23.4 Å². The van der Waals surface area contributed by atoms with Gasteiger partial charge >= 0.3 is 5.97 Å². The Hall–Kier alpha value is -3.19. The van der Waals surface area contributed by atoms with Crippen molar-refractivity contribution in [2.45, 2.75) is 46.6 Å². The number of carbonyl (C=O) groups is 1. The first kappa shape index (κ1) is 23.0. The van der Waals surface area contributed by atoms with Crippen molar-refractivity contribution in [1.82, 2.24) is 9.13 Å². The standard InChI is InChI=1S/C26H29N3O3S/c1-14(2)18-8-10-19(11-9-18)23-22(25(31)32-7)16(4)27-26-29(23)24(30)21(33-26)13-20-12-15(3)28(6)17(20)5/h8-14,23H,1-7H3/b21-13-. The summed E-state index contributed by atoms with van der Waals surface area (Å²) in [4.78, 5) is 31.6. The molecule has 0 saturated carbocycles. The summed E-state index contributed by atoms with van der Waals surface area (Å²) in [6, 6.07) is 9.57. The van der Waals surface area contributed by atoms with Crippen molar-refractivity contribution in [1.29, 1.82) is 0 Å². The number of allylic oxidation sites excluding steroid dienone is 1. The zero-order chi connectivity index (χ0) is 24.0. The van der Waals surface area contributed by atoms with E-state index in [0.717, 1.165) is 22.5 Å². The zero-order valence-electron chi connectivity index (χ0n) is 20.1. The maximum atomic E-state index is 13.6. The summed E-state index contributed by atoms with van der Waals surface area (Å²) in [5.74, 6) is -0.0889. The minimum absolute atomic E-state index is 0.161. The van der Waals surface area contributed by atoms with Gasteiger partial charge in [0.05, 0.1) is 29.0 Å². The normalized spacial score (nSPS) is 16.2. The highest BCUT2D eigenvalue weighted by Gasteiger charge is 2.33. The van der Waals surface area contributed by atoms with E-state index in [0.29, 0.717) is 26.5 Å². The Labute approximate surface area is 197 Å². The monoisotopic (exact) mass is 463 g/mol. The second kappa shape index (κ2) is 8.63. The predicted molar refractivity (Wildman–Crippen MR) is 131 cm³/mol. The van der Waals surface area contributed by atoms with Gasteiger partial charge in [-0.05, 0) is 55.5 Å². The second-order valence-electron chi connectivity index (χ2n) is 8.78. The van der Waals surface area contributed by atoms with E-state index < -0.39 is 12.0 Å². The van der Waals surface area contributed by atoms with Crippen LogP contribution in [-0.2, 0) is 16.6 Å². The Morgan fingerprint density at radius 3 is 2.39 bits per heavy atom. The summed E-state index contributed by atoms with van der Waals surface area (Å²) in [6.45, 7) is 10.1. The van der Waals surface area contributed by atoms with E-state index in [4.69, 9.17) is 4.74 Å². The van der Waals surface area contributed by atoms with Gasteiger partial charge in [0.15, 0.2) is 4.80 Å². The van der Waals surface area contributed by atoms with Gasteiger partial charge in [-0.25, -0.2) is 9.79 Å². The van der Waals surface area contributed by atoms with Gasteiger partial charge in [0.25, 0.3) is 5.56 Å². The van der Waals surface area contributed by atoms with Crippen LogP contribution in [-0.4, -0.2) is 22.2 Å². The Morgan fingerprint density at radius 1 is 1.18 bits per heavy atom. The van der Waals surface area contributed by atoms with Crippen LogP contribution in [0.15, 0.2) is 51.4 Å². The summed E-state index contributed by atoms with van der Waals surface area (Å²) < 4.78 is 9.40. The molecule has 2 aromatic heterocycles. The van der Waals surface area contributed by atoms with Gasteiger partial charge in [0, 0.05) is 18.4 Å². The highest BCUT2D eigenvalue weighted by atomic mass is 32.1. The molecular formula is C26H29N3O3S. The molecule has 1 atom stereocenters. The van der Waals surface area contributed by atoms with E-state index in [9.17, 15) is 9.59 Å². The smallest absolute Gasteiger partial charge is 0.338 e. The van der Waals surface area contributed by atoms with E-state index in [1.165, 1.54) is 24.0 Å². The number of ether oxygens (including phenoxy) is 1. The molecule has 0 amide bonds. The fourth-order valence-electron chi connectivity index (χ4n) is 4.24. The number of carbonyl (C=O) groups excluding carboxylic acids is 1. The molecule has 3 heterocycles. The average Bonchev–Trinajstić information content (AvgIpc) is 3.22. The lowest BCUT2D eigenvalue weighted by atomic mass is 9.93. The minimum atomic E-state index is -0.587. The molecule has 0 spiro atoms. The fourth-order valence-corrected chi connectivity index (χ4v) is 5.28. The topological polar surface area (TPSA) is 65.6 Å². The van der Waals surface area contributed by atoms with Gasteiger partial charge < -0.3 is 9.30 Å². The number of rotatable bonds is 4. The molecule has 0 bridgehead atoms. The molecule has 6 nitrogen and oxygen atoms in total. The maximum absolute atomic E-state index is 13.6. The Balaban J connectivity index is 1.96. The summed E-state index contributed by atoms with van der Waals surface area (Å²) in [6.07, 6.45) is 1.92. The quantitative estimate of drug-likeness (QED) is 0.557. The first-order valence-electron chi connectivity index (χ1n) is 11.0. The molecule has 0 fully saturated rings. The molecule has 0 radical (unpaired) electrons. The number of esters is 1. The van der Waals surface area contributed by atoms with Crippen LogP contribution < -0.4 is 14.9 Å². The number of aromatic nitrogens is 2. The predicted octanol–water partition coefficient (Wildman–Crippen LogP) is 3.49. The first-order chi connectivity index (χ1) is 15.6. The number of hydrogen-bond acceptors (Lipinski definition) is 5. The van der Waals surface area contributed by atoms with Crippen molar-refractivity contribution in [3.8, 4) is 0 Å². The molecule has 1 aromatic carbocycles. The van der Waals surface area contributed by atoms with E-state index in [1.54, 1.807) is 11.5 Å². The highest BCUT2D eigenvalue weighted by molar-refractivity contribution is 7.07. The molecule has 1 unspecified atom stereocenters. The third-order valence-corrected chi connectivity index (χ3v) is 7.43. The third-order valence-electron chi connectivity index (χ3n) is 6.45. The molecule has 0 saturated heterocycles. The first-order valence-corrected chi connectivity index (χ1v) is 11.8. The summed E-state index contributed by atoms with van der Waals surface area (Å²) >= 11 is 1.34. The molecule has 3 aromatic rings. The lowest BCUT2D eigenvalue weighted by Gasteiger charge is -2.24. The number of fused-ring (bicyclic) bond motifs is 1. The van der Waals surface area contributed by atoms with Crippen LogP contribution in [0.4, 0.5) is 0 Å². The Morgan fingerprint density at radius 2 is 1.85 bits per heavy atom. The number of nitrogens with zero attached hydrogens (tertiary/aromatic N) is 3. The summed E-state index contributed by atoms with van der Waals surface area (Å²) in [5, 5.41) is 0. The lowest BCUT2D eigenvalue weighted by Crippen LogP contribution is -2.39. The second-order valence-corrected chi connectivity index (χ2v) is 9.79. The van der Waals surface area contributed by atoms with Gasteiger partial charge in [-0.2, -0.15) is 0 Å². The molecule has 1 aliphatic heterocycles. The van der Waals surface area contributed by atoms with E-state index in [1.807, 2.05) is 39.1 Å². The van der Waals surface area contributed by atoms with Crippen LogP contribution in [0.25, 0.3) is 6.08 Å². The van der Waals surface area contributed by atoms with Crippen molar-refractivity contribution in [3.63, 3.8) is 0 Å². The van der Waals surface area contributed by atoms with Crippen LogP contribution in [0.1, 0.15) is 60.8 Å². The van der Waals surface area contributed by atoms with Crippen LogP contribution >= 0.6 is 11.3 Å². The lowest BCUT2D eigenvalue weighted by molar-refractivity contribution is -0.136. The molecule has 0 N–H and O–H groups in total. The van der Waals surface area contributed by atoms with E-state index in [-0.39, 0.29) is 5.56 Å². The van der Waals surface area contributed by atoms with Gasteiger partial charge in [0.2, 0.25) is 0 Å². The largest absolute Gasteiger partial charge is 0.466 e. The molecule has 7 heteroatoms. The fraction of sp³-hybridized carbons (Fsp3) is 0.346. The Kier molecular flexibility index (Phi) is 6.01. The highest BCUT2D eigenvalue weighted by Crippen LogP contribution is 2.31. The Bertz CT molecular complexity index is 1450. The molecule has 0 aliphatic carbocycles. The van der Waals surface area contributed by atoms with Crippen molar-refractivity contribution < 1.29 is 9.53 Å². The van der Waals surface area contributed by atoms with Crippen LogP contribution in [0.5, 0.6) is 0 Å². The van der Waals surface area contributed by atoms with Crippen molar-refractivity contribution in [3.05, 3.63) is 89.4 Å². The SMILES string of the molecule is COC(=O)C1=C(C)N=c2s/c(=C\c3cc(C)n(C)c3C)c(=O)n2C1c1ccc(C(C)C)cc1. The van der Waals surface area contributed by atoms with Gasteiger partial charge in [0.1, 0.15) is 0 Å². The summed E-state index contributed by atoms with van der Waals surface area (Å²) in [5.41, 5.74) is 6.06. The zero-order valence-corrected chi connectivity index (χ0v) is 20.9. The number of benzene rings is 1. The number of methoxy groups -OCH3 is 1. The molecular weight excluding hydrogens is 434 g/mol.